The van der Waals surface area contributed by atoms with E-state index in [4.69, 9.17) is 16.6 Å². The zero-order valence-corrected chi connectivity index (χ0v) is 17.7. The summed E-state index contributed by atoms with van der Waals surface area (Å²) in [4.78, 5) is 19.2. The smallest absolute Gasteiger partial charge is 0.230 e. The Hall–Kier alpha value is -3.16. The van der Waals surface area contributed by atoms with Gasteiger partial charge in [-0.3, -0.25) is 14.5 Å². The molecule has 0 aliphatic carbocycles. The highest BCUT2D eigenvalue weighted by Gasteiger charge is 2.20. The molecule has 0 unspecified atom stereocenters. The number of aliphatic hydroxyl groups is 1. The summed E-state index contributed by atoms with van der Waals surface area (Å²) in [6, 6.07) is 13.3. The van der Waals surface area contributed by atoms with E-state index in [1.165, 1.54) is 0 Å². The molecule has 0 spiro atoms. The molecule has 0 atom stereocenters. The summed E-state index contributed by atoms with van der Waals surface area (Å²) in [5.74, 6) is -0.144. The molecular weight excluding hydrogens is 402 g/mol. The topological polar surface area (TPSA) is 82.8 Å². The van der Waals surface area contributed by atoms with Gasteiger partial charge in [-0.2, -0.15) is 5.10 Å². The van der Waals surface area contributed by atoms with Crippen LogP contribution < -0.4 is 10.2 Å². The average molecular weight is 424 g/mol. The maximum absolute atomic E-state index is 12.5. The van der Waals surface area contributed by atoms with Crippen molar-refractivity contribution in [3.8, 4) is 11.3 Å². The van der Waals surface area contributed by atoms with Crippen LogP contribution in [0.1, 0.15) is 17.7 Å². The van der Waals surface area contributed by atoms with Crippen molar-refractivity contribution in [2.24, 2.45) is 12.0 Å². The molecule has 0 fully saturated rings. The molecule has 2 aromatic carbocycles. The zero-order valence-electron chi connectivity index (χ0n) is 17.0. The Balaban J connectivity index is 1.80. The highest BCUT2D eigenvalue weighted by molar-refractivity contribution is 6.34. The first-order valence-electron chi connectivity index (χ1n) is 9.48. The van der Waals surface area contributed by atoms with Crippen LogP contribution >= 0.6 is 11.6 Å². The molecule has 2 heterocycles. The Morgan fingerprint density at radius 2 is 1.97 bits per heavy atom. The lowest BCUT2D eigenvalue weighted by Gasteiger charge is -2.16. The number of halogens is 1. The quantitative estimate of drug-likeness (QED) is 0.669. The molecule has 1 aromatic heterocycles. The van der Waals surface area contributed by atoms with Gasteiger partial charge in [-0.05, 0) is 29.8 Å². The predicted molar refractivity (Wildman–Crippen MR) is 120 cm³/mol. The Morgan fingerprint density at radius 3 is 2.67 bits per heavy atom. The van der Waals surface area contributed by atoms with E-state index in [1.54, 1.807) is 10.7 Å². The summed E-state index contributed by atoms with van der Waals surface area (Å²) in [6.07, 6.45) is 0.153. The van der Waals surface area contributed by atoms with Gasteiger partial charge in [-0.25, -0.2) is 0 Å². The van der Waals surface area contributed by atoms with Gasteiger partial charge in [0.1, 0.15) is 0 Å². The van der Waals surface area contributed by atoms with Gasteiger partial charge in [-0.1, -0.05) is 29.8 Å². The molecule has 30 heavy (non-hydrogen) atoms. The van der Waals surface area contributed by atoms with Gasteiger partial charge >= 0.3 is 0 Å². The molecule has 4 rings (SSSR count). The van der Waals surface area contributed by atoms with Gasteiger partial charge in [0.2, 0.25) is 5.91 Å². The van der Waals surface area contributed by atoms with Crippen LogP contribution in [0.4, 0.5) is 17.1 Å². The van der Waals surface area contributed by atoms with Crippen LogP contribution in [0.3, 0.4) is 0 Å². The number of aliphatic imine (C=N–C) groups is 1. The highest BCUT2D eigenvalue weighted by Crippen LogP contribution is 2.38. The van der Waals surface area contributed by atoms with E-state index < -0.39 is 0 Å². The number of aliphatic hydroxyl groups excluding tert-OH is 1. The van der Waals surface area contributed by atoms with Crippen LogP contribution in [0.25, 0.3) is 11.3 Å². The summed E-state index contributed by atoms with van der Waals surface area (Å²) in [5.41, 5.74) is 6.02. The molecule has 2 N–H and O–H groups in total. The van der Waals surface area contributed by atoms with Crippen molar-refractivity contribution in [1.82, 2.24) is 9.78 Å². The number of fused-ring (bicyclic) bond motifs is 1. The van der Waals surface area contributed by atoms with Crippen LogP contribution in [0, 0.1) is 0 Å². The minimum absolute atomic E-state index is 0.117. The van der Waals surface area contributed by atoms with Gasteiger partial charge in [0, 0.05) is 26.7 Å². The van der Waals surface area contributed by atoms with E-state index >= 15 is 0 Å². The molecule has 3 aromatic rings. The SMILES string of the molecule is CN(C)c1cc2c(cc1Cl)NC(=O)CC(c1cccc(-c3cc(CO)nn3C)c1)=N2. The Bertz CT molecular complexity index is 1170. The Morgan fingerprint density at radius 1 is 1.20 bits per heavy atom. The van der Waals surface area contributed by atoms with Crippen LogP contribution in [0.15, 0.2) is 47.5 Å². The van der Waals surface area contributed by atoms with Crippen molar-refractivity contribution in [3.05, 3.63) is 58.7 Å². The first kappa shape index (κ1) is 20.1. The number of hydrogen-bond donors (Lipinski definition) is 2. The van der Waals surface area contributed by atoms with Gasteiger partial charge in [-0.15, -0.1) is 0 Å². The second-order valence-electron chi connectivity index (χ2n) is 7.38. The third-order valence-electron chi connectivity index (χ3n) is 4.99. The molecule has 8 heteroatoms. The number of aromatic nitrogens is 2. The number of carbonyl (C=O) groups is 1. The lowest BCUT2D eigenvalue weighted by molar-refractivity contribution is -0.115. The fourth-order valence-electron chi connectivity index (χ4n) is 3.52. The van der Waals surface area contributed by atoms with Crippen LogP contribution in [0.2, 0.25) is 5.02 Å². The van der Waals surface area contributed by atoms with E-state index in [2.05, 4.69) is 10.4 Å². The minimum atomic E-state index is -0.144. The van der Waals surface area contributed by atoms with Gasteiger partial charge in [0.25, 0.3) is 0 Å². The number of hydrogen-bond acceptors (Lipinski definition) is 5. The van der Waals surface area contributed by atoms with Crippen molar-refractivity contribution in [1.29, 1.82) is 0 Å². The minimum Gasteiger partial charge on any atom is -0.390 e. The van der Waals surface area contributed by atoms with E-state index in [9.17, 15) is 9.90 Å². The standard InChI is InChI=1S/C22H22ClN5O2/c1-27(2)21-10-19-18(9-16(21)23)25-22(30)11-17(24-19)13-5-4-6-14(7-13)20-8-15(12-29)26-28(20)3/h4-10,29H,11-12H2,1-3H3,(H,25,30). The van der Waals surface area contributed by atoms with E-state index in [1.807, 2.05) is 62.4 Å². The summed E-state index contributed by atoms with van der Waals surface area (Å²) in [7, 11) is 5.65. The predicted octanol–water partition coefficient (Wildman–Crippen LogP) is 3.76. The third kappa shape index (κ3) is 3.81. The number of nitrogens with one attached hydrogen (secondary N) is 1. The number of aryl methyl sites for hydroxylation is 1. The number of amides is 1. The number of nitrogens with zero attached hydrogens (tertiary/aromatic N) is 4. The van der Waals surface area contributed by atoms with Gasteiger partial charge < -0.3 is 15.3 Å². The highest BCUT2D eigenvalue weighted by atomic mass is 35.5. The van der Waals surface area contributed by atoms with E-state index in [0.29, 0.717) is 27.8 Å². The summed E-state index contributed by atoms with van der Waals surface area (Å²) in [6.45, 7) is -0.117. The zero-order chi connectivity index (χ0) is 21.4. The molecule has 1 aliphatic rings. The molecule has 1 aliphatic heterocycles. The van der Waals surface area contributed by atoms with E-state index in [-0.39, 0.29) is 18.9 Å². The average Bonchev–Trinajstić information content (AvgIpc) is 3.01. The molecule has 0 bridgehead atoms. The largest absolute Gasteiger partial charge is 0.390 e. The third-order valence-corrected chi connectivity index (χ3v) is 5.29. The molecule has 0 radical (unpaired) electrons. The van der Waals surface area contributed by atoms with Gasteiger partial charge in [0.15, 0.2) is 0 Å². The summed E-state index contributed by atoms with van der Waals surface area (Å²) in [5, 5.41) is 17.1. The van der Waals surface area contributed by atoms with Crippen LogP contribution in [0.5, 0.6) is 0 Å². The molecule has 0 saturated heterocycles. The second kappa shape index (κ2) is 7.93. The molecule has 0 saturated carbocycles. The first-order valence-corrected chi connectivity index (χ1v) is 9.86. The van der Waals surface area contributed by atoms with Crippen molar-refractivity contribution < 1.29 is 9.90 Å². The number of anilines is 2. The molecular formula is C22H22ClN5O2. The fourth-order valence-corrected chi connectivity index (χ4v) is 3.85. The normalized spacial score (nSPS) is 13.4. The van der Waals surface area contributed by atoms with Crippen molar-refractivity contribution in [3.63, 3.8) is 0 Å². The van der Waals surface area contributed by atoms with Crippen molar-refractivity contribution >= 4 is 40.3 Å². The first-order chi connectivity index (χ1) is 14.4. The summed E-state index contributed by atoms with van der Waals surface area (Å²) >= 11 is 6.36. The van der Waals surface area contributed by atoms with Crippen LogP contribution in [-0.4, -0.2) is 40.6 Å². The van der Waals surface area contributed by atoms with Gasteiger partial charge in [0.05, 0.1) is 52.2 Å². The molecule has 1 amide bonds. The monoisotopic (exact) mass is 423 g/mol. The maximum atomic E-state index is 12.5. The Kier molecular flexibility index (Phi) is 5.32. The van der Waals surface area contributed by atoms with Crippen molar-refractivity contribution in [2.45, 2.75) is 13.0 Å². The van der Waals surface area contributed by atoms with Crippen molar-refractivity contribution in [2.75, 3.05) is 24.3 Å². The lowest BCUT2D eigenvalue weighted by Crippen LogP contribution is -2.15. The fraction of sp³-hybridized carbons (Fsp3) is 0.227. The van der Waals surface area contributed by atoms with Crippen LogP contribution in [-0.2, 0) is 18.4 Å². The number of benzene rings is 2. The summed E-state index contributed by atoms with van der Waals surface area (Å²) < 4.78 is 1.73. The number of carbonyl (C=O) groups excluding carboxylic acids is 1. The lowest BCUT2D eigenvalue weighted by atomic mass is 10.0. The second-order valence-corrected chi connectivity index (χ2v) is 7.79. The van der Waals surface area contributed by atoms with E-state index in [0.717, 1.165) is 22.5 Å². The molecule has 154 valence electrons. The number of rotatable bonds is 4. The molecule has 7 nitrogen and oxygen atoms in total. The Labute approximate surface area is 179 Å². The maximum Gasteiger partial charge on any atom is 0.230 e.